The SMILES string of the molecule is CCC(COC)Nc1ncnc2ccsc12. The molecule has 0 spiro atoms. The van der Waals surface area contributed by atoms with Crippen molar-refractivity contribution < 1.29 is 4.74 Å². The van der Waals surface area contributed by atoms with Gasteiger partial charge in [0.15, 0.2) is 0 Å². The summed E-state index contributed by atoms with van der Waals surface area (Å²) in [6, 6.07) is 2.30. The van der Waals surface area contributed by atoms with Crippen molar-refractivity contribution in [1.29, 1.82) is 0 Å². The van der Waals surface area contributed by atoms with Gasteiger partial charge in [-0.1, -0.05) is 6.92 Å². The zero-order valence-corrected chi connectivity index (χ0v) is 10.3. The molecule has 2 aromatic rings. The van der Waals surface area contributed by atoms with Crippen molar-refractivity contribution in [2.75, 3.05) is 19.0 Å². The topological polar surface area (TPSA) is 47.0 Å². The molecule has 2 aromatic heterocycles. The molecule has 0 amide bonds. The molecule has 1 unspecified atom stereocenters. The fourth-order valence-corrected chi connectivity index (χ4v) is 2.35. The fraction of sp³-hybridized carbons (Fsp3) is 0.455. The largest absolute Gasteiger partial charge is 0.383 e. The Morgan fingerprint density at radius 1 is 1.50 bits per heavy atom. The summed E-state index contributed by atoms with van der Waals surface area (Å²) in [5, 5.41) is 5.42. The molecule has 4 nitrogen and oxygen atoms in total. The Hall–Kier alpha value is -1.20. The van der Waals surface area contributed by atoms with Gasteiger partial charge in [0.2, 0.25) is 0 Å². The third kappa shape index (κ3) is 2.31. The lowest BCUT2D eigenvalue weighted by atomic mass is 10.2. The average molecular weight is 237 g/mol. The molecule has 0 aliphatic carbocycles. The van der Waals surface area contributed by atoms with E-state index >= 15 is 0 Å². The zero-order chi connectivity index (χ0) is 11.4. The van der Waals surface area contributed by atoms with E-state index in [4.69, 9.17) is 4.74 Å². The van der Waals surface area contributed by atoms with Crippen molar-refractivity contribution in [2.45, 2.75) is 19.4 Å². The van der Waals surface area contributed by atoms with E-state index in [1.54, 1.807) is 24.8 Å². The maximum absolute atomic E-state index is 5.16. The first kappa shape index (κ1) is 11.3. The molecule has 0 radical (unpaired) electrons. The van der Waals surface area contributed by atoms with Gasteiger partial charge in [-0.05, 0) is 17.9 Å². The van der Waals surface area contributed by atoms with Crippen molar-refractivity contribution in [3.63, 3.8) is 0 Å². The molecule has 16 heavy (non-hydrogen) atoms. The Balaban J connectivity index is 2.22. The molecule has 2 rings (SSSR count). The highest BCUT2D eigenvalue weighted by Gasteiger charge is 2.10. The summed E-state index contributed by atoms with van der Waals surface area (Å²) in [6.45, 7) is 2.82. The van der Waals surface area contributed by atoms with Crippen molar-refractivity contribution >= 4 is 27.4 Å². The number of hydrogen-bond donors (Lipinski definition) is 1. The van der Waals surface area contributed by atoms with Crippen LogP contribution in [0.2, 0.25) is 0 Å². The molecule has 5 heteroatoms. The van der Waals surface area contributed by atoms with E-state index in [-0.39, 0.29) is 0 Å². The second kappa shape index (κ2) is 5.23. The molecule has 1 N–H and O–H groups in total. The molecule has 0 aliphatic heterocycles. The summed E-state index contributed by atoms with van der Waals surface area (Å²) < 4.78 is 6.27. The van der Waals surface area contributed by atoms with Crippen molar-refractivity contribution in [1.82, 2.24) is 9.97 Å². The van der Waals surface area contributed by atoms with Crippen LogP contribution in [0.4, 0.5) is 5.82 Å². The number of nitrogens with one attached hydrogen (secondary N) is 1. The van der Waals surface area contributed by atoms with E-state index in [9.17, 15) is 0 Å². The number of hydrogen-bond acceptors (Lipinski definition) is 5. The van der Waals surface area contributed by atoms with E-state index in [1.807, 2.05) is 11.4 Å². The van der Waals surface area contributed by atoms with Gasteiger partial charge >= 0.3 is 0 Å². The maximum atomic E-state index is 5.16. The third-order valence-corrected chi connectivity index (χ3v) is 3.36. The number of rotatable bonds is 5. The van der Waals surface area contributed by atoms with Crippen molar-refractivity contribution in [3.05, 3.63) is 17.8 Å². The van der Waals surface area contributed by atoms with Gasteiger partial charge in [0.1, 0.15) is 12.1 Å². The van der Waals surface area contributed by atoms with Gasteiger partial charge in [-0.3, -0.25) is 0 Å². The highest BCUT2D eigenvalue weighted by molar-refractivity contribution is 7.17. The Kier molecular flexibility index (Phi) is 3.69. The molecule has 0 aliphatic rings. The number of ether oxygens (including phenoxy) is 1. The van der Waals surface area contributed by atoms with Gasteiger partial charge in [-0.15, -0.1) is 11.3 Å². The first-order chi connectivity index (χ1) is 7.85. The second-order valence-electron chi connectivity index (χ2n) is 3.56. The zero-order valence-electron chi connectivity index (χ0n) is 9.43. The molecule has 0 saturated heterocycles. The standard InChI is InChI=1S/C11H15N3OS/c1-3-8(6-15-2)14-11-10-9(4-5-16-10)12-7-13-11/h4-5,7-8H,3,6H2,1-2H3,(H,12,13,14). The van der Waals surface area contributed by atoms with Crippen LogP contribution in [0.3, 0.4) is 0 Å². The van der Waals surface area contributed by atoms with Gasteiger partial charge in [0.05, 0.1) is 22.9 Å². The van der Waals surface area contributed by atoms with Gasteiger partial charge in [-0.25, -0.2) is 9.97 Å². The highest BCUT2D eigenvalue weighted by Crippen LogP contribution is 2.25. The van der Waals surface area contributed by atoms with Crippen LogP contribution in [-0.2, 0) is 4.74 Å². The smallest absolute Gasteiger partial charge is 0.147 e. The van der Waals surface area contributed by atoms with Gasteiger partial charge in [0.25, 0.3) is 0 Å². The normalized spacial score (nSPS) is 12.9. The Bertz CT molecular complexity index is 457. The molecule has 2 heterocycles. The Morgan fingerprint density at radius 2 is 2.38 bits per heavy atom. The molecule has 0 saturated carbocycles. The number of aromatic nitrogens is 2. The third-order valence-electron chi connectivity index (χ3n) is 2.44. The highest BCUT2D eigenvalue weighted by atomic mass is 32.1. The summed E-state index contributed by atoms with van der Waals surface area (Å²) in [5.74, 6) is 0.906. The fourth-order valence-electron chi connectivity index (χ4n) is 1.55. The van der Waals surface area contributed by atoms with Gasteiger partial charge in [-0.2, -0.15) is 0 Å². The minimum Gasteiger partial charge on any atom is -0.383 e. The second-order valence-corrected chi connectivity index (χ2v) is 4.48. The summed E-state index contributed by atoms with van der Waals surface area (Å²) in [7, 11) is 1.71. The average Bonchev–Trinajstić information content (AvgIpc) is 2.77. The van der Waals surface area contributed by atoms with Crippen LogP contribution in [-0.4, -0.2) is 29.7 Å². The Labute approximate surface area is 98.7 Å². The van der Waals surface area contributed by atoms with E-state index in [0.29, 0.717) is 12.6 Å². The molecule has 0 aromatic carbocycles. The van der Waals surface area contributed by atoms with Crippen LogP contribution in [0.25, 0.3) is 10.2 Å². The number of fused-ring (bicyclic) bond motifs is 1. The minimum atomic E-state index is 0.296. The van der Waals surface area contributed by atoms with E-state index in [0.717, 1.165) is 22.5 Å². The summed E-state index contributed by atoms with van der Waals surface area (Å²) in [4.78, 5) is 8.49. The Morgan fingerprint density at radius 3 is 3.12 bits per heavy atom. The summed E-state index contributed by atoms with van der Waals surface area (Å²) in [5.41, 5.74) is 0.995. The van der Waals surface area contributed by atoms with Crippen LogP contribution >= 0.6 is 11.3 Å². The molecule has 0 fully saturated rings. The van der Waals surface area contributed by atoms with Crippen molar-refractivity contribution in [3.8, 4) is 0 Å². The lowest BCUT2D eigenvalue weighted by molar-refractivity contribution is 0.184. The first-order valence-electron chi connectivity index (χ1n) is 5.28. The lowest BCUT2D eigenvalue weighted by Crippen LogP contribution is -2.24. The van der Waals surface area contributed by atoms with E-state index < -0.39 is 0 Å². The molecule has 0 bridgehead atoms. The molecule has 86 valence electrons. The molecule has 1 atom stereocenters. The number of methoxy groups -OCH3 is 1. The minimum absolute atomic E-state index is 0.296. The van der Waals surface area contributed by atoms with Crippen LogP contribution in [0.5, 0.6) is 0 Å². The number of thiophene rings is 1. The maximum Gasteiger partial charge on any atom is 0.147 e. The molecular weight excluding hydrogens is 222 g/mol. The number of anilines is 1. The predicted octanol–water partition coefficient (Wildman–Crippen LogP) is 2.53. The quantitative estimate of drug-likeness (QED) is 0.868. The molecular formula is C11H15N3OS. The van der Waals surface area contributed by atoms with E-state index in [1.165, 1.54) is 0 Å². The summed E-state index contributed by atoms with van der Waals surface area (Å²) >= 11 is 1.66. The lowest BCUT2D eigenvalue weighted by Gasteiger charge is -2.16. The number of nitrogens with zero attached hydrogens (tertiary/aromatic N) is 2. The predicted molar refractivity (Wildman–Crippen MR) is 67.0 cm³/mol. The van der Waals surface area contributed by atoms with Gasteiger partial charge in [0, 0.05) is 7.11 Å². The van der Waals surface area contributed by atoms with Crippen LogP contribution in [0, 0.1) is 0 Å². The van der Waals surface area contributed by atoms with Crippen molar-refractivity contribution in [2.24, 2.45) is 0 Å². The van der Waals surface area contributed by atoms with E-state index in [2.05, 4.69) is 22.2 Å². The monoisotopic (exact) mass is 237 g/mol. The van der Waals surface area contributed by atoms with Gasteiger partial charge < -0.3 is 10.1 Å². The summed E-state index contributed by atoms with van der Waals surface area (Å²) in [6.07, 6.45) is 2.60. The van der Waals surface area contributed by atoms with Crippen LogP contribution in [0.15, 0.2) is 17.8 Å². The van der Waals surface area contributed by atoms with Crippen LogP contribution < -0.4 is 5.32 Å². The first-order valence-corrected chi connectivity index (χ1v) is 6.16. The van der Waals surface area contributed by atoms with Crippen LogP contribution in [0.1, 0.15) is 13.3 Å².